The second kappa shape index (κ2) is 11.6. The Labute approximate surface area is 196 Å². The molecule has 176 valence electrons. The lowest BCUT2D eigenvalue weighted by Gasteiger charge is -2.31. The number of likely N-dealkylation sites (tertiary alicyclic amines) is 1. The lowest BCUT2D eigenvalue weighted by molar-refractivity contribution is -0.151. The molecule has 1 heterocycles. The first-order valence-corrected chi connectivity index (χ1v) is 11.8. The first-order chi connectivity index (χ1) is 15.9. The molecule has 0 radical (unpaired) electrons. The fourth-order valence-electron chi connectivity index (χ4n) is 4.24. The van der Waals surface area contributed by atoms with E-state index in [0.29, 0.717) is 32.7 Å². The van der Waals surface area contributed by atoms with E-state index < -0.39 is 0 Å². The summed E-state index contributed by atoms with van der Waals surface area (Å²) < 4.78 is 5.13. The minimum atomic E-state index is -0.236. The Kier molecular flexibility index (Phi) is 8.64. The standard InChI is InChI=1S/C27H34N2O4/c1-4-25(30)29(18-22-9-6-8-20(3)16-22)24-13-11-21(12-14-24)17-26(31)28-15-7-10-23(19-28)27(32)33-5-2/h6,8-9,11-14,16,23H,4-5,7,10,15,17-19H2,1-3H3/t23-/m0/s1. The third kappa shape index (κ3) is 6.67. The number of nitrogens with zero attached hydrogens (tertiary/aromatic N) is 2. The van der Waals surface area contributed by atoms with Crippen LogP contribution in [0.2, 0.25) is 0 Å². The molecule has 33 heavy (non-hydrogen) atoms. The summed E-state index contributed by atoms with van der Waals surface area (Å²) in [6, 6.07) is 15.8. The molecular weight excluding hydrogens is 416 g/mol. The van der Waals surface area contributed by atoms with Crippen molar-refractivity contribution in [2.75, 3.05) is 24.6 Å². The zero-order valence-corrected chi connectivity index (χ0v) is 19.9. The van der Waals surface area contributed by atoms with E-state index in [1.54, 1.807) is 16.7 Å². The number of carbonyl (C=O) groups excluding carboxylic acids is 3. The number of carbonyl (C=O) groups is 3. The largest absolute Gasteiger partial charge is 0.466 e. The molecule has 1 fully saturated rings. The lowest BCUT2D eigenvalue weighted by Crippen LogP contribution is -2.43. The number of aryl methyl sites for hydroxylation is 1. The van der Waals surface area contributed by atoms with Gasteiger partial charge in [-0.2, -0.15) is 0 Å². The third-order valence-electron chi connectivity index (χ3n) is 6.02. The molecule has 1 aliphatic heterocycles. The molecule has 2 aromatic carbocycles. The zero-order valence-electron chi connectivity index (χ0n) is 19.9. The molecule has 0 saturated carbocycles. The molecular formula is C27H34N2O4. The van der Waals surface area contributed by atoms with Gasteiger partial charge in [0.1, 0.15) is 0 Å². The van der Waals surface area contributed by atoms with Crippen LogP contribution >= 0.6 is 0 Å². The van der Waals surface area contributed by atoms with Gasteiger partial charge in [-0.25, -0.2) is 0 Å². The van der Waals surface area contributed by atoms with Crippen molar-refractivity contribution in [2.24, 2.45) is 5.92 Å². The summed E-state index contributed by atoms with van der Waals surface area (Å²) in [4.78, 5) is 41.1. The van der Waals surface area contributed by atoms with Crippen molar-refractivity contribution in [1.82, 2.24) is 4.90 Å². The Hall–Kier alpha value is -3.15. The molecule has 6 nitrogen and oxygen atoms in total. The average molecular weight is 451 g/mol. The first kappa shape index (κ1) is 24.5. The van der Waals surface area contributed by atoms with Crippen molar-refractivity contribution >= 4 is 23.5 Å². The van der Waals surface area contributed by atoms with E-state index in [1.165, 1.54) is 0 Å². The Morgan fingerprint density at radius 2 is 1.82 bits per heavy atom. The Balaban J connectivity index is 1.66. The van der Waals surface area contributed by atoms with Gasteiger partial charge in [-0.05, 0) is 49.9 Å². The maximum Gasteiger partial charge on any atom is 0.310 e. The van der Waals surface area contributed by atoms with Crippen molar-refractivity contribution in [1.29, 1.82) is 0 Å². The van der Waals surface area contributed by atoms with Gasteiger partial charge in [0, 0.05) is 25.2 Å². The van der Waals surface area contributed by atoms with Crippen molar-refractivity contribution in [2.45, 2.75) is 53.0 Å². The molecule has 0 aliphatic carbocycles. The molecule has 1 saturated heterocycles. The van der Waals surface area contributed by atoms with E-state index in [0.717, 1.165) is 35.2 Å². The van der Waals surface area contributed by atoms with Crippen LogP contribution in [0.25, 0.3) is 0 Å². The second-order valence-corrected chi connectivity index (χ2v) is 8.60. The smallest absolute Gasteiger partial charge is 0.310 e. The lowest BCUT2D eigenvalue weighted by atomic mass is 9.97. The molecule has 0 bridgehead atoms. The summed E-state index contributed by atoms with van der Waals surface area (Å²) in [5, 5.41) is 0. The number of piperidine rings is 1. The predicted molar refractivity (Wildman–Crippen MR) is 129 cm³/mol. The van der Waals surface area contributed by atoms with Gasteiger partial charge in [-0.15, -0.1) is 0 Å². The topological polar surface area (TPSA) is 66.9 Å². The van der Waals surface area contributed by atoms with Gasteiger partial charge in [0.2, 0.25) is 11.8 Å². The van der Waals surface area contributed by atoms with E-state index in [2.05, 4.69) is 6.07 Å². The van der Waals surface area contributed by atoms with Crippen molar-refractivity contribution in [3.63, 3.8) is 0 Å². The first-order valence-electron chi connectivity index (χ1n) is 11.8. The van der Waals surface area contributed by atoms with E-state index in [9.17, 15) is 14.4 Å². The number of hydrogen-bond donors (Lipinski definition) is 0. The predicted octanol–water partition coefficient (Wildman–Crippen LogP) is 4.28. The molecule has 0 spiro atoms. The highest BCUT2D eigenvalue weighted by molar-refractivity contribution is 5.93. The number of benzene rings is 2. The summed E-state index contributed by atoms with van der Waals surface area (Å²) in [6.07, 6.45) is 2.26. The highest BCUT2D eigenvalue weighted by Gasteiger charge is 2.29. The Morgan fingerprint density at radius 1 is 1.06 bits per heavy atom. The van der Waals surface area contributed by atoms with E-state index in [-0.39, 0.29) is 30.1 Å². The van der Waals surface area contributed by atoms with Crippen molar-refractivity contribution < 1.29 is 19.1 Å². The van der Waals surface area contributed by atoms with Crippen LogP contribution in [-0.4, -0.2) is 42.4 Å². The summed E-state index contributed by atoms with van der Waals surface area (Å²) >= 11 is 0. The van der Waals surface area contributed by atoms with Crippen LogP contribution in [0.3, 0.4) is 0 Å². The highest BCUT2D eigenvalue weighted by atomic mass is 16.5. The molecule has 3 rings (SSSR count). The minimum absolute atomic E-state index is 0.0120. The molecule has 1 aliphatic rings. The monoisotopic (exact) mass is 450 g/mol. The summed E-state index contributed by atoms with van der Waals surface area (Å²) in [5.74, 6) is -0.384. The van der Waals surface area contributed by atoms with Gasteiger partial charge in [0.05, 0.1) is 25.5 Å². The van der Waals surface area contributed by atoms with Gasteiger partial charge in [-0.1, -0.05) is 48.9 Å². The Morgan fingerprint density at radius 3 is 2.48 bits per heavy atom. The fourth-order valence-corrected chi connectivity index (χ4v) is 4.24. The molecule has 0 unspecified atom stereocenters. The molecule has 1 atom stereocenters. The van der Waals surface area contributed by atoms with Crippen LogP contribution in [0.1, 0.15) is 49.8 Å². The van der Waals surface area contributed by atoms with Gasteiger partial charge >= 0.3 is 5.97 Å². The summed E-state index contributed by atoms with van der Waals surface area (Å²) in [5.41, 5.74) is 3.95. The Bertz CT molecular complexity index is 970. The van der Waals surface area contributed by atoms with Crippen LogP contribution < -0.4 is 4.90 Å². The van der Waals surface area contributed by atoms with Crippen LogP contribution in [0.5, 0.6) is 0 Å². The van der Waals surface area contributed by atoms with E-state index >= 15 is 0 Å². The van der Waals surface area contributed by atoms with E-state index in [1.807, 2.05) is 56.3 Å². The highest BCUT2D eigenvalue weighted by Crippen LogP contribution is 2.22. The second-order valence-electron chi connectivity index (χ2n) is 8.60. The minimum Gasteiger partial charge on any atom is -0.466 e. The number of hydrogen-bond acceptors (Lipinski definition) is 4. The van der Waals surface area contributed by atoms with Crippen molar-refractivity contribution in [3.05, 3.63) is 65.2 Å². The SMILES string of the molecule is CCOC(=O)[C@H]1CCCN(C(=O)Cc2ccc(N(Cc3cccc(C)c3)C(=O)CC)cc2)C1. The van der Waals surface area contributed by atoms with Crippen LogP contribution in [0, 0.1) is 12.8 Å². The normalized spacial score (nSPS) is 15.7. The van der Waals surface area contributed by atoms with Crippen LogP contribution in [0.4, 0.5) is 5.69 Å². The van der Waals surface area contributed by atoms with Gasteiger partial charge in [0.15, 0.2) is 0 Å². The van der Waals surface area contributed by atoms with Crippen molar-refractivity contribution in [3.8, 4) is 0 Å². The average Bonchev–Trinajstić information content (AvgIpc) is 2.83. The van der Waals surface area contributed by atoms with Crippen LogP contribution in [-0.2, 0) is 32.1 Å². The number of anilines is 1. The van der Waals surface area contributed by atoms with Gasteiger partial charge in [-0.3, -0.25) is 14.4 Å². The molecule has 2 aromatic rings. The molecule has 2 amide bonds. The molecule has 0 N–H and O–H groups in total. The maximum absolute atomic E-state index is 12.8. The van der Waals surface area contributed by atoms with Gasteiger partial charge in [0.25, 0.3) is 0 Å². The number of esters is 1. The zero-order chi connectivity index (χ0) is 23.8. The molecule has 6 heteroatoms. The number of ether oxygens (including phenoxy) is 1. The molecule has 0 aromatic heterocycles. The van der Waals surface area contributed by atoms with Crippen LogP contribution in [0.15, 0.2) is 48.5 Å². The summed E-state index contributed by atoms with van der Waals surface area (Å²) in [7, 11) is 0. The fraction of sp³-hybridized carbons (Fsp3) is 0.444. The van der Waals surface area contributed by atoms with Gasteiger partial charge < -0.3 is 14.5 Å². The summed E-state index contributed by atoms with van der Waals surface area (Å²) in [6.45, 7) is 7.66. The quantitative estimate of drug-likeness (QED) is 0.563. The number of amides is 2. The number of rotatable bonds is 8. The maximum atomic E-state index is 12.8. The van der Waals surface area contributed by atoms with E-state index in [4.69, 9.17) is 4.74 Å². The third-order valence-corrected chi connectivity index (χ3v) is 6.02.